The molecule has 0 aliphatic carbocycles. The summed E-state index contributed by atoms with van der Waals surface area (Å²) in [5, 5.41) is 6.31. The first-order chi connectivity index (χ1) is 11.9. The minimum atomic E-state index is -0.102. The molecule has 1 aromatic rings. The Kier molecular flexibility index (Phi) is 8.88. The second-order valence-electron chi connectivity index (χ2n) is 6.95. The van der Waals surface area contributed by atoms with Gasteiger partial charge in [0.1, 0.15) is 5.75 Å². The molecule has 2 amide bonds. The van der Waals surface area contributed by atoms with E-state index in [1.807, 2.05) is 0 Å². The number of hydrogen-bond acceptors (Lipinski definition) is 4. The number of nitrogens with zero attached hydrogens (tertiary/aromatic N) is 1. The molecular formula is C19H30ClN3O3. The third kappa shape index (κ3) is 5.88. The minimum absolute atomic E-state index is 0. The molecule has 146 valence electrons. The van der Waals surface area contributed by atoms with E-state index in [9.17, 15) is 9.59 Å². The fourth-order valence-corrected chi connectivity index (χ4v) is 3.21. The molecule has 1 aromatic carbocycles. The number of rotatable bonds is 6. The van der Waals surface area contributed by atoms with E-state index in [-0.39, 0.29) is 24.2 Å². The van der Waals surface area contributed by atoms with Crippen molar-refractivity contribution in [2.24, 2.45) is 11.8 Å². The molecule has 0 radical (unpaired) electrons. The van der Waals surface area contributed by atoms with Crippen LogP contribution in [0.5, 0.6) is 5.75 Å². The van der Waals surface area contributed by atoms with Gasteiger partial charge in [0, 0.05) is 26.1 Å². The second-order valence-corrected chi connectivity index (χ2v) is 6.95. The van der Waals surface area contributed by atoms with Gasteiger partial charge in [0.25, 0.3) is 5.91 Å². The zero-order chi connectivity index (χ0) is 18.4. The molecule has 6 nitrogen and oxygen atoms in total. The number of nitrogens with one attached hydrogen (secondary N) is 2. The maximum absolute atomic E-state index is 12.4. The van der Waals surface area contributed by atoms with Crippen molar-refractivity contribution in [2.45, 2.75) is 26.2 Å². The van der Waals surface area contributed by atoms with Gasteiger partial charge in [0.05, 0.1) is 12.8 Å². The van der Waals surface area contributed by atoms with Gasteiger partial charge in [-0.25, -0.2) is 0 Å². The average molecular weight is 384 g/mol. The Morgan fingerprint density at radius 1 is 1.38 bits per heavy atom. The molecule has 26 heavy (non-hydrogen) atoms. The first-order valence-electron chi connectivity index (χ1n) is 8.82. The van der Waals surface area contributed by atoms with Crippen LogP contribution in [0.4, 0.5) is 5.69 Å². The van der Waals surface area contributed by atoms with Gasteiger partial charge in [-0.2, -0.15) is 0 Å². The van der Waals surface area contributed by atoms with Gasteiger partial charge >= 0.3 is 0 Å². The Balaban J connectivity index is 0.00000338. The number of ether oxygens (including phenoxy) is 1. The van der Waals surface area contributed by atoms with Gasteiger partial charge in [-0.1, -0.05) is 6.92 Å². The molecule has 0 spiro atoms. The Bertz CT molecular complexity index is 616. The van der Waals surface area contributed by atoms with Crippen molar-refractivity contribution in [2.75, 3.05) is 39.6 Å². The lowest BCUT2D eigenvalue weighted by Crippen LogP contribution is -2.34. The predicted octanol–water partition coefficient (Wildman–Crippen LogP) is 2.78. The van der Waals surface area contributed by atoms with Crippen molar-refractivity contribution >= 4 is 29.9 Å². The highest BCUT2D eigenvalue weighted by atomic mass is 35.5. The van der Waals surface area contributed by atoms with E-state index in [0.717, 1.165) is 13.1 Å². The van der Waals surface area contributed by atoms with Crippen LogP contribution in [0, 0.1) is 11.8 Å². The van der Waals surface area contributed by atoms with Crippen LogP contribution in [0.1, 0.15) is 36.5 Å². The van der Waals surface area contributed by atoms with Crippen molar-refractivity contribution in [3.05, 3.63) is 23.8 Å². The number of hydrogen-bond donors (Lipinski definition) is 2. The zero-order valence-electron chi connectivity index (χ0n) is 16.0. The van der Waals surface area contributed by atoms with E-state index in [4.69, 9.17) is 4.74 Å². The molecule has 2 atom stereocenters. The molecule has 1 heterocycles. The lowest BCUT2D eigenvalue weighted by atomic mass is 9.85. The SMILES string of the molecule is COc1cc(C(=O)N(C)C)ccc1NC(=O)CC(C)C1CCCNC1.Cl. The number of amides is 2. The molecule has 1 saturated heterocycles. The van der Waals surface area contributed by atoms with E-state index in [1.54, 1.807) is 32.3 Å². The summed E-state index contributed by atoms with van der Waals surface area (Å²) in [6.45, 7) is 4.19. The van der Waals surface area contributed by atoms with Crippen molar-refractivity contribution < 1.29 is 14.3 Å². The summed E-state index contributed by atoms with van der Waals surface area (Å²) in [5.41, 5.74) is 1.12. The maximum Gasteiger partial charge on any atom is 0.253 e. The third-order valence-electron chi connectivity index (χ3n) is 4.78. The number of methoxy groups -OCH3 is 1. The van der Waals surface area contributed by atoms with Crippen LogP contribution in [-0.2, 0) is 4.79 Å². The van der Waals surface area contributed by atoms with Crippen LogP contribution < -0.4 is 15.4 Å². The molecule has 0 aromatic heterocycles. The molecule has 0 saturated carbocycles. The average Bonchev–Trinajstić information content (AvgIpc) is 2.61. The lowest BCUT2D eigenvalue weighted by molar-refractivity contribution is -0.117. The lowest BCUT2D eigenvalue weighted by Gasteiger charge is -2.28. The standard InChI is InChI=1S/C19H29N3O3.ClH/c1-13(15-6-5-9-20-12-15)10-18(23)21-16-8-7-14(11-17(16)25-4)19(24)22(2)3;/h7-8,11,13,15,20H,5-6,9-10,12H2,1-4H3,(H,21,23);1H. The summed E-state index contributed by atoms with van der Waals surface area (Å²) in [7, 11) is 4.93. The van der Waals surface area contributed by atoms with Crippen molar-refractivity contribution in [1.29, 1.82) is 0 Å². The summed E-state index contributed by atoms with van der Waals surface area (Å²) in [4.78, 5) is 25.9. The second kappa shape index (κ2) is 10.4. The van der Waals surface area contributed by atoms with Crippen molar-refractivity contribution in [3.8, 4) is 5.75 Å². The van der Waals surface area contributed by atoms with Gasteiger partial charge in [-0.15, -0.1) is 12.4 Å². The molecule has 2 unspecified atom stereocenters. The molecule has 1 aliphatic heterocycles. The normalized spacial score (nSPS) is 17.6. The third-order valence-corrected chi connectivity index (χ3v) is 4.78. The maximum atomic E-state index is 12.4. The van der Waals surface area contributed by atoms with E-state index >= 15 is 0 Å². The number of carbonyl (C=O) groups excluding carboxylic acids is 2. The van der Waals surface area contributed by atoms with Crippen molar-refractivity contribution in [1.82, 2.24) is 10.2 Å². The van der Waals surface area contributed by atoms with E-state index in [2.05, 4.69) is 17.6 Å². The molecular weight excluding hydrogens is 354 g/mol. The van der Waals surface area contributed by atoms with E-state index in [0.29, 0.717) is 35.3 Å². The molecule has 0 bridgehead atoms. The van der Waals surface area contributed by atoms with Crippen LogP contribution in [0.3, 0.4) is 0 Å². The first kappa shape index (κ1) is 22.3. The monoisotopic (exact) mass is 383 g/mol. The summed E-state index contributed by atoms with van der Waals surface area (Å²) < 4.78 is 5.34. The number of benzene rings is 1. The molecule has 7 heteroatoms. The van der Waals surface area contributed by atoms with Gasteiger partial charge in [-0.05, 0) is 56.0 Å². The Hall–Kier alpha value is -1.79. The van der Waals surface area contributed by atoms with Crippen LogP contribution in [0.2, 0.25) is 0 Å². The van der Waals surface area contributed by atoms with Gasteiger partial charge in [-0.3, -0.25) is 9.59 Å². The zero-order valence-corrected chi connectivity index (χ0v) is 16.8. The van der Waals surface area contributed by atoms with Gasteiger partial charge in [0.2, 0.25) is 5.91 Å². The first-order valence-corrected chi connectivity index (χ1v) is 8.82. The molecule has 2 N–H and O–H groups in total. The van der Waals surface area contributed by atoms with Gasteiger partial charge < -0.3 is 20.3 Å². The predicted molar refractivity (Wildman–Crippen MR) is 106 cm³/mol. The van der Waals surface area contributed by atoms with Crippen LogP contribution in [0.25, 0.3) is 0 Å². The quantitative estimate of drug-likeness (QED) is 0.792. The molecule has 1 fully saturated rings. The fraction of sp³-hybridized carbons (Fsp3) is 0.579. The topological polar surface area (TPSA) is 70.7 Å². The number of halogens is 1. The fourth-order valence-electron chi connectivity index (χ4n) is 3.21. The molecule has 1 aliphatic rings. The highest BCUT2D eigenvalue weighted by Crippen LogP contribution is 2.28. The number of piperidine rings is 1. The molecule has 2 rings (SSSR count). The summed E-state index contributed by atoms with van der Waals surface area (Å²) >= 11 is 0. The summed E-state index contributed by atoms with van der Waals surface area (Å²) in [6.07, 6.45) is 2.83. The summed E-state index contributed by atoms with van der Waals surface area (Å²) in [5.74, 6) is 1.24. The highest BCUT2D eigenvalue weighted by Gasteiger charge is 2.22. The Morgan fingerprint density at radius 3 is 2.69 bits per heavy atom. The number of carbonyl (C=O) groups is 2. The van der Waals surface area contributed by atoms with Crippen LogP contribution >= 0.6 is 12.4 Å². The van der Waals surface area contributed by atoms with E-state index in [1.165, 1.54) is 24.9 Å². The number of anilines is 1. The van der Waals surface area contributed by atoms with Crippen molar-refractivity contribution in [3.63, 3.8) is 0 Å². The van der Waals surface area contributed by atoms with E-state index < -0.39 is 0 Å². The highest BCUT2D eigenvalue weighted by molar-refractivity contribution is 5.97. The smallest absolute Gasteiger partial charge is 0.253 e. The van der Waals surface area contributed by atoms with Crippen LogP contribution in [-0.4, -0.2) is 51.0 Å². The van der Waals surface area contributed by atoms with Gasteiger partial charge in [0.15, 0.2) is 0 Å². The summed E-state index contributed by atoms with van der Waals surface area (Å²) in [6, 6.07) is 5.08. The minimum Gasteiger partial charge on any atom is -0.495 e. The Labute approximate surface area is 162 Å². The Morgan fingerprint density at radius 2 is 2.12 bits per heavy atom. The largest absolute Gasteiger partial charge is 0.495 e. The van der Waals surface area contributed by atoms with Crippen LogP contribution in [0.15, 0.2) is 18.2 Å².